The molecule has 0 saturated carbocycles. The van der Waals surface area contributed by atoms with Crippen LogP contribution in [0.2, 0.25) is 0 Å². The lowest BCUT2D eigenvalue weighted by Crippen LogP contribution is -2.20. The molecule has 2 bridgehead atoms. The van der Waals surface area contributed by atoms with Gasteiger partial charge in [0.05, 0.1) is 23.3 Å². The Bertz CT molecular complexity index is 798. The number of fused-ring (bicyclic) bond motifs is 4. The highest BCUT2D eigenvalue weighted by molar-refractivity contribution is 5.96. The molecule has 0 spiro atoms. The molecule has 0 saturated heterocycles. The van der Waals surface area contributed by atoms with Gasteiger partial charge in [0.15, 0.2) is 0 Å². The Hall–Kier alpha value is -2.57. The molecule has 126 valence electrons. The van der Waals surface area contributed by atoms with Gasteiger partial charge in [0.1, 0.15) is 0 Å². The Labute approximate surface area is 138 Å². The number of hydrogen-bond donors (Lipinski definition) is 1. The topological polar surface area (TPSA) is 59.8 Å². The summed E-state index contributed by atoms with van der Waals surface area (Å²) in [5.74, 6) is -0.437. The zero-order valence-electron chi connectivity index (χ0n) is 13.5. The third-order valence-electron chi connectivity index (χ3n) is 4.17. The number of carbonyl (C=O) groups is 1. The van der Waals surface area contributed by atoms with Gasteiger partial charge in [0, 0.05) is 17.7 Å². The number of halogens is 2. The number of aromatic nitrogens is 3. The van der Waals surface area contributed by atoms with Gasteiger partial charge in [0.25, 0.3) is 0 Å². The molecule has 1 amide bonds. The van der Waals surface area contributed by atoms with Crippen molar-refractivity contribution in [1.29, 1.82) is 0 Å². The van der Waals surface area contributed by atoms with E-state index in [-0.39, 0.29) is 23.2 Å². The SMILES string of the molecule is C/C1=C/CC[C@@H](C)C(=O)Nc2cnn(C(F)F)c2-c2ccnc1c2. The van der Waals surface area contributed by atoms with Crippen LogP contribution >= 0.6 is 0 Å². The Morgan fingerprint density at radius 2 is 2.21 bits per heavy atom. The summed E-state index contributed by atoms with van der Waals surface area (Å²) in [5, 5.41) is 6.46. The second kappa shape index (κ2) is 6.51. The van der Waals surface area contributed by atoms with Crippen LogP contribution < -0.4 is 5.32 Å². The summed E-state index contributed by atoms with van der Waals surface area (Å²) in [5.41, 5.74) is 2.68. The maximum Gasteiger partial charge on any atom is 0.333 e. The van der Waals surface area contributed by atoms with E-state index in [1.807, 2.05) is 19.9 Å². The summed E-state index contributed by atoms with van der Waals surface area (Å²) in [7, 11) is 0. The van der Waals surface area contributed by atoms with Gasteiger partial charge in [-0.05, 0) is 37.5 Å². The number of nitrogens with zero attached hydrogens (tertiary/aromatic N) is 3. The van der Waals surface area contributed by atoms with E-state index in [4.69, 9.17) is 0 Å². The molecule has 2 aromatic rings. The molecule has 24 heavy (non-hydrogen) atoms. The van der Waals surface area contributed by atoms with Crippen molar-refractivity contribution in [3.05, 3.63) is 36.3 Å². The molecule has 1 atom stereocenters. The van der Waals surface area contributed by atoms with Gasteiger partial charge in [-0.3, -0.25) is 9.78 Å². The van der Waals surface area contributed by atoms with Crippen molar-refractivity contribution in [3.8, 4) is 11.3 Å². The molecule has 1 aliphatic heterocycles. The van der Waals surface area contributed by atoms with Crippen molar-refractivity contribution in [2.45, 2.75) is 33.2 Å². The van der Waals surface area contributed by atoms with Crippen molar-refractivity contribution < 1.29 is 13.6 Å². The summed E-state index contributed by atoms with van der Waals surface area (Å²) in [6.45, 7) is 0.941. The van der Waals surface area contributed by atoms with Crippen LogP contribution in [0.1, 0.15) is 38.9 Å². The molecule has 0 fully saturated rings. The highest BCUT2D eigenvalue weighted by atomic mass is 19.3. The number of nitrogens with one attached hydrogen (secondary N) is 1. The monoisotopic (exact) mass is 332 g/mol. The second-order valence-electron chi connectivity index (χ2n) is 5.91. The van der Waals surface area contributed by atoms with Crippen molar-refractivity contribution in [2.75, 3.05) is 5.32 Å². The highest BCUT2D eigenvalue weighted by Gasteiger charge is 2.22. The summed E-state index contributed by atoms with van der Waals surface area (Å²) < 4.78 is 27.3. The van der Waals surface area contributed by atoms with Crippen molar-refractivity contribution >= 4 is 17.2 Å². The third kappa shape index (κ3) is 3.06. The minimum atomic E-state index is -2.80. The van der Waals surface area contributed by atoms with Crippen LogP contribution in [0, 0.1) is 5.92 Å². The Balaban J connectivity index is 2.20. The predicted molar refractivity (Wildman–Crippen MR) is 87.4 cm³/mol. The molecule has 2 aromatic heterocycles. The molecule has 0 unspecified atom stereocenters. The average Bonchev–Trinajstić information content (AvgIpc) is 2.97. The Morgan fingerprint density at radius 3 is 2.96 bits per heavy atom. The van der Waals surface area contributed by atoms with Crippen LogP contribution in [-0.2, 0) is 4.79 Å². The smallest absolute Gasteiger partial charge is 0.323 e. The number of rotatable bonds is 1. The van der Waals surface area contributed by atoms with E-state index in [9.17, 15) is 13.6 Å². The fraction of sp³-hybridized carbons (Fsp3) is 0.353. The maximum absolute atomic E-state index is 13.3. The largest absolute Gasteiger partial charge is 0.333 e. The number of anilines is 1. The van der Waals surface area contributed by atoms with Crippen LogP contribution in [-0.4, -0.2) is 20.7 Å². The maximum atomic E-state index is 13.3. The van der Waals surface area contributed by atoms with E-state index >= 15 is 0 Å². The molecular formula is C17H18F2N4O. The molecule has 0 aliphatic carbocycles. The second-order valence-corrected chi connectivity index (χ2v) is 5.91. The third-order valence-corrected chi connectivity index (χ3v) is 4.17. The Kier molecular flexibility index (Phi) is 4.42. The highest BCUT2D eigenvalue weighted by Crippen LogP contribution is 2.33. The van der Waals surface area contributed by atoms with E-state index < -0.39 is 6.55 Å². The van der Waals surface area contributed by atoms with Gasteiger partial charge in [-0.25, -0.2) is 4.68 Å². The van der Waals surface area contributed by atoms with Crippen LogP contribution in [0.15, 0.2) is 30.6 Å². The zero-order valence-corrected chi connectivity index (χ0v) is 13.5. The lowest BCUT2D eigenvalue weighted by Gasteiger charge is -2.15. The number of pyridine rings is 1. The molecule has 1 aliphatic rings. The molecule has 5 nitrogen and oxygen atoms in total. The van der Waals surface area contributed by atoms with E-state index in [1.54, 1.807) is 18.3 Å². The van der Waals surface area contributed by atoms with Gasteiger partial charge in [-0.15, -0.1) is 0 Å². The van der Waals surface area contributed by atoms with Crippen molar-refractivity contribution in [2.24, 2.45) is 5.92 Å². The number of amides is 1. The summed E-state index contributed by atoms with van der Waals surface area (Å²) >= 11 is 0. The van der Waals surface area contributed by atoms with Gasteiger partial charge in [-0.1, -0.05) is 13.0 Å². The number of hydrogen-bond acceptors (Lipinski definition) is 3. The molecule has 0 aromatic carbocycles. The van der Waals surface area contributed by atoms with Gasteiger partial charge >= 0.3 is 6.55 Å². The molecular weight excluding hydrogens is 314 g/mol. The predicted octanol–water partition coefficient (Wildman–Crippen LogP) is 4.11. The lowest BCUT2D eigenvalue weighted by atomic mass is 10.0. The molecule has 0 radical (unpaired) electrons. The van der Waals surface area contributed by atoms with Gasteiger partial charge in [0.2, 0.25) is 5.91 Å². The number of carbonyl (C=O) groups excluding carboxylic acids is 1. The van der Waals surface area contributed by atoms with E-state index in [0.29, 0.717) is 16.7 Å². The molecule has 7 heteroatoms. The first-order chi connectivity index (χ1) is 11.5. The average molecular weight is 332 g/mol. The standard InChI is InChI=1S/C17H18F2N4O/c1-10-4-3-5-11(2)16(24)22-14-9-21-23(17(18)19)15(14)12-6-7-20-13(10)8-12/h4,6-9,11,17H,3,5H2,1-2H3,(H,22,24)/b10-4-/t11-/m1/s1. The fourth-order valence-electron chi connectivity index (χ4n) is 2.72. The Morgan fingerprint density at radius 1 is 1.42 bits per heavy atom. The first-order valence-corrected chi connectivity index (χ1v) is 7.77. The quantitative estimate of drug-likeness (QED) is 0.855. The van der Waals surface area contributed by atoms with Crippen LogP contribution in [0.4, 0.5) is 14.5 Å². The minimum Gasteiger partial charge on any atom is -0.323 e. The van der Waals surface area contributed by atoms with Gasteiger partial charge < -0.3 is 5.32 Å². The van der Waals surface area contributed by atoms with Crippen LogP contribution in [0.3, 0.4) is 0 Å². The fourth-order valence-corrected chi connectivity index (χ4v) is 2.72. The molecule has 3 rings (SSSR count). The minimum absolute atomic E-state index is 0.183. The lowest BCUT2D eigenvalue weighted by molar-refractivity contribution is -0.119. The number of allylic oxidation sites excluding steroid dienone is 2. The normalized spacial score (nSPS) is 20.5. The number of alkyl halides is 2. The molecule has 1 N–H and O–H groups in total. The van der Waals surface area contributed by atoms with Gasteiger partial charge in [-0.2, -0.15) is 13.9 Å². The van der Waals surface area contributed by atoms with E-state index in [2.05, 4.69) is 15.4 Å². The zero-order chi connectivity index (χ0) is 17.3. The first-order valence-electron chi connectivity index (χ1n) is 7.77. The van der Waals surface area contributed by atoms with Crippen molar-refractivity contribution in [3.63, 3.8) is 0 Å². The first kappa shape index (κ1) is 16.3. The summed E-state index contributed by atoms with van der Waals surface area (Å²) in [6, 6.07) is 3.37. The van der Waals surface area contributed by atoms with Crippen molar-refractivity contribution in [1.82, 2.24) is 14.8 Å². The van der Waals surface area contributed by atoms with E-state index in [0.717, 1.165) is 17.7 Å². The molecule has 3 heterocycles. The van der Waals surface area contributed by atoms with Crippen LogP contribution in [0.25, 0.3) is 16.8 Å². The summed E-state index contributed by atoms with van der Waals surface area (Å²) in [4.78, 5) is 16.6. The van der Waals surface area contributed by atoms with E-state index in [1.165, 1.54) is 6.20 Å². The van der Waals surface area contributed by atoms with Crippen LogP contribution in [0.5, 0.6) is 0 Å². The summed E-state index contributed by atoms with van der Waals surface area (Å²) in [6.07, 6.45) is 6.27.